The van der Waals surface area contributed by atoms with Crippen molar-refractivity contribution in [2.45, 2.75) is 51.6 Å². The number of aromatic amines is 1. The number of aryl methyl sites for hydroxylation is 1. The average Bonchev–Trinajstić information content (AvgIpc) is 3.02. The highest BCUT2D eigenvalue weighted by Gasteiger charge is 2.33. The molecule has 2 N–H and O–H groups in total. The van der Waals surface area contributed by atoms with Crippen LogP contribution >= 0.6 is 0 Å². The van der Waals surface area contributed by atoms with Gasteiger partial charge in [0.1, 0.15) is 6.04 Å². The smallest absolute Gasteiger partial charge is 0.242 e. The second-order valence-corrected chi connectivity index (χ2v) is 7.29. The Bertz CT molecular complexity index is 695. The minimum absolute atomic E-state index is 0.0834. The van der Waals surface area contributed by atoms with Crippen molar-refractivity contribution in [1.29, 1.82) is 0 Å². The molecule has 0 spiro atoms. The van der Waals surface area contributed by atoms with Crippen molar-refractivity contribution in [3.8, 4) is 0 Å². The molecule has 1 aliphatic rings. The third-order valence-electron chi connectivity index (χ3n) is 4.76. The molecule has 0 unspecified atom stereocenters. The second kappa shape index (κ2) is 7.83. The molecule has 3 rings (SSSR count). The van der Waals surface area contributed by atoms with Gasteiger partial charge in [-0.25, -0.2) is 0 Å². The predicted molar refractivity (Wildman–Crippen MR) is 99.3 cm³/mol. The van der Waals surface area contributed by atoms with E-state index in [0.717, 1.165) is 42.9 Å². The number of piperidine rings is 1. The van der Waals surface area contributed by atoms with E-state index < -0.39 is 0 Å². The number of nitrogens with zero attached hydrogens (tertiary/aromatic N) is 2. The zero-order valence-corrected chi connectivity index (χ0v) is 15.3. The minimum atomic E-state index is -0.244. The average molecular weight is 340 g/mol. The summed E-state index contributed by atoms with van der Waals surface area (Å²) in [5, 5.41) is 10.6. The lowest BCUT2D eigenvalue weighted by Crippen LogP contribution is -2.46. The second-order valence-electron chi connectivity index (χ2n) is 7.29. The summed E-state index contributed by atoms with van der Waals surface area (Å²) in [4.78, 5) is 15.2. The molecule has 0 radical (unpaired) electrons. The number of rotatable bonds is 5. The van der Waals surface area contributed by atoms with Crippen molar-refractivity contribution < 1.29 is 4.79 Å². The quantitative estimate of drug-likeness (QED) is 0.879. The SMILES string of the molecule is Cc1cc([C@H]2CCCN([C@@H](C(=O)NC(C)C)c3ccccc3)C2)n[nH]1. The van der Waals surface area contributed by atoms with Gasteiger partial charge in [0.15, 0.2) is 0 Å². The molecule has 1 aromatic heterocycles. The number of amides is 1. The number of likely N-dealkylation sites (tertiary alicyclic amines) is 1. The first kappa shape index (κ1) is 17.7. The van der Waals surface area contributed by atoms with E-state index in [-0.39, 0.29) is 18.0 Å². The molecular weight excluding hydrogens is 312 g/mol. The molecule has 1 saturated heterocycles. The van der Waals surface area contributed by atoms with Gasteiger partial charge in [-0.05, 0) is 51.8 Å². The van der Waals surface area contributed by atoms with Crippen molar-refractivity contribution >= 4 is 5.91 Å². The molecule has 5 nitrogen and oxygen atoms in total. The van der Waals surface area contributed by atoms with E-state index in [4.69, 9.17) is 0 Å². The summed E-state index contributed by atoms with van der Waals surface area (Å²) in [5.41, 5.74) is 3.25. The van der Waals surface area contributed by atoms with Crippen LogP contribution in [-0.4, -0.2) is 40.1 Å². The Balaban J connectivity index is 1.83. The van der Waals surface area contributed by atoms with Gasteiger partial charge < -0.3 is 5.32 Å². The van der Waals surface area contributed by atoms with E-state index in [0.29, 0.717) is 5.92 Å². The lowest BCUT2D eigenvalue weighted by Gasteiger charge is -2.37. The first-order chi connectivity index (χ1) is 12.0. The summed E-state index contributed by atoms with van der Waals surface area (Å²) >= 11 is 0. The van der Waals surface area contributed by atoms with Gasteiger partial charge in [0.05, 0.1) is 5.69 Å². The third-order valence-corrected chi connectivity index (χ3v) is 4.76. The molecule has 1 aliphatic heterocycles. The van der Waals surface area contributed by atoms with Crippen molar-refractivity contribution in [2.24, 2.45) is 0 Å². The number of aromatic nitrogens is 2. The van der Waals surface area contributed by atoms with E-state index in [1.807, 2.05) is 51.1 Å². The molecule has 0 aliphatic carbocycles. The Morgan fingerprint density at radius 1 is 1.32 bits per heavy atom. The molecule has 1 amide bonds. The maximum Gasteiger partial charge on any atom is 0.242 e. The number of benzene rings is 1. The van der Waals surface area contributed by atoms with Crippen LogP contribution in [0.1, 0.15) is 55.6 Å². The molecule has 0 bridgehead atoms. The lowest BCUT2D eigenvalue weighted by molar-refractivity contribution is -0.127. The number of nitrogens with one attached hydrogen (secondary N) is 2. The number of hydrogen-bond acceptors (Lipinski definition) is 3. The molecule has 2 heterocycles. The van der Waals surface area contributed by atoms with E-state index in [2.05, 4.69) is 26.5 Å². The molecule has 1 fully saturated rings. The van der Waals surface area contributed by atoms with Gasteiger partial charge in [0, 0.05) is 24.2 Å². The zero-order chi connectivity index (χ0) is 17.8. The molecule has 134 valence electrons. The number of H-pyrrole nitrogens is 1. The standard InChI is InChI=1S/C20H28N4O/c1-14(2)21-20(25)19(16-8-5-4-6-9-16)24-11-7-10-17(13-24)18-12-15(3)22-23-18/h4-6,8-9,12,14,17,19H,7,10-11,13H2,1-3H3,(H,21,25)(H,22,23)/t17-,19+/m0/s1. The summed E-state index contributed by atoms with van der Waals surface area (Å²) < 4.78 is 0. The van der Waals surface area contributed by atoms with Gasteiger partial charge in [0.25, 0.3) is 0 Å². The van der Waals surface area contributed by atoms with Crippen LogP contribution in [0.5, 0.6) is 0 Å². The van der Waals surface area contributed by atoms with Gasteiger partial charge in [0.2, 0.25) is 5.91 Å². The molecule has 1 aromatic carbocycles. The van der Waals surface area contributed by atoms with Gasteiger partial charge in [-0.2, -0.15) is 5.10 Å². The van der Waals surface area contributed by atoms with Crippen LogP contribution in [-0.2, 0) is 4.79 Å². The van der Waals surface area contributed by atoms with Crippen LogP contribution in [0.2, 0.25) is 0 Å². The highest BCUT2D eigenvalue weighted by atomic mass is 16.2. The van der Waals surface area contributed by atoms with Crippen molar-refractivity contribution in [3.05, 3.63) is 53.3 Å². The fourth-order valence-corrected chi connectivity index (χ4v) is 3.66. The maximum atomic E-state index is 12.9. The monoisotopic (exact) mass is 340 g/mol. The van der Waals surface area contributed by atoms with Crippen LogP contribution in [0.4, 0.5) is 0 Å². The summed E-state index contributed by atoms with van der Waals surface area (Å²) in [5.74, 6) is 0.455. The zero-order valence-electron chi connectivity index (χ0n) is 15.3. The van der Waals surface area contributed by atoms with Crippen LogP contribution in [0, 0.1) is 6.92 Å². The van der Waals surface area contributed by atoms with Crippen molar-refractivity contribution in [2.75, 3.05) is 13.1 Å². The highest BCUT2D eigenvalue weighted by Crippen LogP contribution is 2.31. The van der Waals surface area contributed by atoms with Crippen molar-refractivity contribution in [3.63, 3.8) is 0 Å². The Morgan fingerprint density at radius 3 is 2.72 bits per heavy atom. The normalized spacial score (nSPS) is 19.8. The molecule has 2 aromatic rings. The summed E-state index contributed by atoms with van der Waals surface area (Å²) in [7, 11) is 0. The Hall–Kier alpha value is -2.14. The fraction of sp³-hybridized carbons (Fsp3) is 0.500. The minimum Gasteiger partial charge on any atom is -0.352 e. The van der Waals surface area contributed by atoms with E-state index in [1.54, 1.807) is 0 Å². The van der Waals surface area contributed by atoms with E-state index >= 15 is 0 Å². The van der Waals surface area contributed by atoms with E-state index in [9.17, 15) is 4.79 Å². The lowest BCUT2D eigenvalue weighted by atomic mass is 9.92. The Kier molecular flexibility index (Phi) is 5.53. The molecule has 25 heavy (non-hydrogen) atoms. The third kappa shape index (κ3) is 4.28. The highest BCUT2D eigenvalue weighted by molar-refractivity contribution is 5.83. The molecule has 2 atom stereocenters. The fourth-order valence-electron chi connectivity index (χ4n) is 3.66. The predicted octanol–water partition coefficient (Wildman–Crippen LogP) is 3.16. The van der Waals surface area contributed by atoms with Crippen molar-refractivity contribution in [1.82, 2.24) is 20.4 Å². The molecular formula is C20H28N4O. The van der Waals surface area contributed by atoms with Gasteiger partial charge in [-0.15, -0.1) is 0 Å². The summed E-state index contributed by atoms with van der Waals surface area (Å²) in [6.07, 6.45) is 2.20. The van der Waals surface area contributed by atoms with E-state index in [1.165, 1.54) is 0 Å². The maximum absolute atomic E-state index is 12.9. The van der Waals surface area contributed by atoms with Crippen LogP contribution in [0.25, 0.3) is 0 Å². The largest absolute Gasteiger partial charge is 0.352 e. The topological polar surface area (TPSA) is 61.0 Å². The first-order valence-corrected chi connectivity index (χ1v) is 9.16. The Morgan fingerprint density at radius 2 is 2.08 bits per heavy atom. The Labute approximate surface area is 149 Å². The summed E-state index contributed by atoms with van der Waals surface area (Å²) in [6, 6.07) is 12.1. The van der Waals surface area contributed by atoms with Crippen LogP contribution in [0.3, 0.4) is 0 Å². The first-order valence-electron chi connectivity index (χ1n) is 9.16. The number of hydrogen-bond donors (Lipinski definition) is 2. The van der Waals surface area contributed by atoms with Gasteiger partial charge in [-0.1, -0.05) is 30.3 Å². The summed E-state index contributed by atoms with van der Waals surface area (Å²) in [6.45, 7) is 7.83. The number of carbonyl (C=O) groups is 1. The molecule has 5 heteroatoms. The van der Waals surface area contributed by atoms with Crippen LogP contribution < -0.4 is 5.32 Å². The van der Waals surface area contributed by atoms with Gasteiger partial charge in [-0.3, -0.25) is 14.8 Å². The molecule has 0 saturated carbocycles. The van der Waals surface area contributed by atoms with Crippen LogP contribution in [0.15, 0.2) is 36.4 Å². The number of carbonyl (C=O) groups excluding carboxylic acids is 1. The van der Waals surface area contributed by atoms with Gasteiger partial charge >= 0.3 is 0 Å².